The minimum Gasteiger partial charge on any atom is -0.298 e. The van der Waals surface area contributed by atoms with Crippen molar-refractivity contribution in [2.24, 2.45) is 0 Å². The number of fused-ring (bicyclic) bond motifs is 1. The lowest BCUT2D eigenvalue weighted by molar-refractivity contribution is -0.137. The Morgan fingerprint density at radius 1 is 0.929 bits per heavy atom. The fourth-order valence-corrected chi connectivity index (χ4v) is 3.53. The standard InChI is InChI=1S/C21H13F3N2OS/c22-21(23,24)17-7-3-6-16(11-17)19(27)26-20-25-18(12-28-20)15-9-8-13-4-1-2-5-14(13)10-15/h1-12H,(H,25,26,27). The summed E-state index contributed by atoms with van der Waals surface area (Å²) >= 11 is 1.22. The molecule has 1 amide bonds. The SMILES string of the molecule is O=C(Nc1nc(-c2ccc3ccccc3c2)cs1)c1cccc(C(F)(F)F)c1. The van der Waals surface area contributed by atoms with E-state index in [-0.39, 0.29) is 5.56 Å². The number of carbonyl (C=O) groups is 1. The summed E-state index contributed by atoms with van der Waals surface area (Å²) in [7, 11) is 0. The van der Waals surface area contributed by atoms with Crippen molar-refractivity contribution in [3.05, 3.63) is 83.2 Å². The van der Waals surface area contributed by atoms with Gasteiger partial charge in [0, 0.05) is 16.5 Å². The average molecular weight is 398 g/mol. The summed E-state index contributed by atoms with van der Waals surface area (Å²) < 4.78 is 38.5. The number of halogens is 3. The number of rotatable bonds is 3. The highest BCUT2D eigenvalue weighted by Crippen LogP contribution is 2.30. The van der Waals surface area contributed by atoms with E-state index < -0.39 is 17.6 Å². The normalized spacial score (nSPS) is 11.5. The van der Waals surface area contributed by atoms with E-state index in [2.05, 4.69) is 10.3 Å². The van der Waals surface area contributed by atoms with Crippen LogP contribution < -0.4 is 5.32 Å². The van der Waals surface area contributed by atoms with Crippen molar-refractivity contribution >= 4 is 33.1 Å². The Bertz CT molecular complexity index is 1170. The van der Waals surface area contributed by atoms with Crippen molar-refractivity contribution in [2.45, 2.75) is 6.18 Å². The van der Waals surface area contributed by atoms with Crippen LogP contribution in [-0.4, -0.2) is 10.9 Å². The monoisotopic (exact) mass is 398 g/mol. The van der Waals surface area contributed by atoms with Crippen LogP contribution in [-0.2, 0) is 6.18 Å². The molecule has 0 fully saturated rings. The molecule has 0 aliphatic heterocycles. The summed E-state index contributed by atoms with van der Waals surface area (Å²) in [6.07, 6.45) is -4.50. The number of thiazole rings is 1. The molecule has 7 heteroatoms. The zero-order valence-electron chi connectivity index (χ0n) is 14.3. The van der Waals surface area contributed by atoms with Gasteiger partial charge in [-0.15, -0.1) is 11.3 Å². The third-order valence-corrected chi connectivity index (χ3v) is 4.98. The van der Waals surface area contributed by atoms with E-state index in [1.807, 2.05) is 42.5 Å². The summed E-state index contributed by atoms with van der Waals surface area (Å²) in [5.41, 5.74) is 0.651. The van der Waals surface area contributed by atoms with Crippen molar-refractivity contribution < 1.29 is 18.0 Å². The van der Waals surface area contributed by atoms with Gasteiger partial charge in [0.25, 0.3) is 5.91 Å². The lowest BCUT2D eigenvalue weighted by Crippen LogP contribution is -2.13. The number of aromatic nitrogens is 1. The van der Waals surface area contributed by atoms with Crippen LogP contribution in [0.5, 0.6) is 0 Å². The van der Waals surface area contributed by atoms with Crippen LogP contribution in [0.4, 0.5) is 18.3 Å². The number of nitrogens with zero attached hydrogens (tertiary/aromatic N) is 1. The number of carbonyl (C=O) groups excluding carboxylic acids is 1. The third kappa shape index (κ3) is 3.75. The molecule has 3 nitrogen and oxygen atoms in total. The van der Waals surface area contributed by atoms with Crippen LogP contribution in [0, 0.1) is 0 Å². The van der Waals surface area contributed by atoms with Gasteiger partial charge in [-0.05, 0) is 35.0 Å². The maximum Gasteiger partial charge on any atom is 0.416 e. The molecule has 0 saturated heterocycles. The Balaban J connectivity index is 1.55. The Kier molecular flexibility index (Phi) is 4.60. The van der Waals surface area contributed by atoms with Gasteiger partial charge in [0.15, 0.2) is 5.13 Å². The highest BCUT2D eigenvalue weighted by Gasteiger charge is 2.30. The van der Waals surface area contributed by atoms with Gasteiger partial charge in [-0.3, -0.25) is 10.1 Å². The number of alkyl halides is 3. The summed E-state index contributed by atoms with van der Waals surface area (Å²) in [6, 6.07) is 18.2. The highest BCUT2D eigenvalue weighted by atomic mass is 32.1. The van der Waals surface area contributed by atoms with Crippen LogP contribution in [0.2, 0.25) is 0 Å². The van der Waals surface area contributed by atoms with Gasteiger partial charge in [-0.1, -0.05) is 42.5 Å². The minimum absolute atomic E-state index is 0.0720. The summed E-state index contributed by atoms with van der Waals surface area (Å²) in [5.74, 6) is -0.634. The third-order valence-electron chi connectivity index (χ3n) is 4.22. The van der Waals surface area contributed by atoms with E-state index >= 15 is 0 Å². The lowest BCUT2D eigenvalue weighted by atomic mass is 10.1. The molecular formula is C21H13F3N2OS. The largest absolute Gasteiger partial charge is 0.416 e. The molecule has 0 saturated carbocycles. The van der Waals surface area contributed by atoms with Crippen LogP contribution in [0.1, 0.15) is 15.9 Å². The molecule has 140 valence electrons. The summed E-state index contributed by atoms with van der Waals surface area (Å²) in [6.45, 7) is 0. The summed E-state index contributed by atoms with van der Waals surface area (Å²) in [5, 5.41) is 6.87. The first-order valence-electron chi connectivity index (χ1n) is 8.33. The molecule has 0 aliphatic carbocycles. The number of nitrogens with one attached hydrogen (secondary N) is 1. The molecule has 0 aliphatic rings. The second kappa shape index (κ2) is 7.09. The number of benzene rings is 3. The van der Waals surface area contributed by atoms with Crippen molar-refractivity contribution in [1.29, 1.82) is 0 Å². The first-order valence-corrected chi connectivity index (χ1v) is 9.21. The first kappa shape index (κ1) is 18.2. The maximum atomic E-state index is 12.8. The molecule has 3 aromatic carbocycles. The zero-order valence-corrected chi connectivity index (χ0v) is 15.1. The fourth-order valence-electron chi connectivity index (χ4n) is 2.82. The molecule has 1 N–H and O–H groups in total. The molecule has 28 heavy (non-hydrogen) atoms. The summed E-state index contributed by atoms with van der Waals surface area (Å²) in [4.78, 5) is 16.7. The van der Waals surface area contributed by atoms with Gasteiger partial charge >= 0.3 is 6.18 Å². The molecule has 4 aromatic rings. The molecule has 1 aromatic heterocycles. The van der Waals surface area contributed by atoms with Crippen molar-refractivity contribution in [2.75, 3.05) is 5.32 Å². The molecule has 0 spiro atoms. The molecule has 1 heterocycles. The predicted octanol–water partition coefficient (Wildman–Crippen LogP) is 6.23. The second-order valence-corrected chi connectivity index (χ2v) is 6.99. The average Bonchev–Trinajstić information content (AvgIpc) is 3.15. The van der Waals surface area contributed by atoms with Crippen LogP contribution >= 0.6 is 11.3 Å². The van der Waals surface area contributed by atoms with E-state index in [9.17, 15) is 18.0 Å². The van der Waals surface area contributed by atoms with Crippen molar-refractivity contribution in [3.63, 3.8) is 0 Å². The minimum atomic E-state index is -4.50. The van der Waals surface area contributed by atoms with E-state index in [1.165, 1.54) is 23.5 Å². The highest BCUT2D eigenvalue weighted by molar-refractivity contribution is 7.14. The maximum absolute atomic E-state index is 12.8. The topological polar surface area (TPSA) is 42.0 Å². The van der Waals surface area contributed by atoms with Gasteiger partial charge in [-0.25, -0.2) is 4.98 Å². The Morgan fingerprint density at radius 3 is 2.50 bits per heavy atom. The Morgan fingerprint density at radius 2 is 1.71 bits per heavy atom. The molecular weight excluding hydrogens is 385 g/mol. The smallest absolute Gasteiger partial charge is 0.298 e. The van der Waals surface area contributed by atoms with Crippen LogP contribution in [0.15, 0.2) is 72.1 Å². The Labute approximate surface area is 162 Å². The molecule has 4 rings (SSSR count). The fraction of sp³-hybridized carbons (Fsp3) is 0.0476. The van der Waals surface area contributed by atoms with Crippen LogP contribution in [0.25, 0.3) is 22.0 Å². The van der Waals surface area contributed by atoms with Gasteiger partial charge in [-0.2, -0.15) is 13.2 Å². The van der Waals surface area contributed by atoms with E-state index in [4.69, 9.17) is 0 Å². The zero-order chi connectivity index (χ0) is 19.7. The first-order chi connectivity index (χ1) is 13.4. The number of amides is 1. The van der Waals surface area contributed by atoms with E-state index in [0.717, 1.165) is 28.5 Å². The molecule has 0 radical (unpaired) electrons. The quantitative estimate of drug-likeness (QED) is 0.444. The van der Waals surface area contributed by atoms with Crippen molar-refractivity contribution in [1.82, 2.24) is 4.98 Å². The molecule has 0 bridgehead atoms. The second-order valence-electron chi connectivity index (χ2n) is 6.13. The van der Waals surface area contributed by atoms with E-state index in [0.29, 0.717) is 10.8 Å². The van der Waals surface area contributed by atoms with Gasteiger partial charge in [0.2, 0.25) is 0 Å². The molecule has 0 atom stereocenters. The number of anilines is 1. The van der Waals surface area contributed by atoms with E-state index in [1.54, 1.807) is 5.38 Å². The number of hydrogen-bond acceptors (Lipinski definition) is 3. The predicted molar refractivity (Wildman–Crippen MR) is 104 cm³/mol. The Hall–Kier alpha value is -3.19. The lowest BCUT2D eigenvalue weighted by Gasteiger charge is -2.08. The van der Waals surface area contributed by atoms with Crippen molar-refractivity contribution in [3.8, 4) is 11.3 Å². The number of hydrogen-bond donors (Lipinski definition) is 1. The van der Waals surface area contributed by atoms with Crippen LogP contribution in [0.3, 0.4) is 0 Å². The van der Waals surface area contributed by atoms with Gasteiger partial charge in [0.1, 0.15) is 0 Å². The van der Waals surface area contributed by atoms with Gasteiger partial charge < -0.3 is 0 Å². The molecule has 0 unspecified atom stereocenters. The van der Waals surface area contributed by atoms with Gasteiger partial charge in [0.05, 0.1) is 11.3 Å².